The maximum atomic E-state index is 12.6. The summed E-state index contributed by atoms with van der Waals surface area (Å²) in [6, 6.07) is 13.7. The van der Waals surface area contributed by atoms with Gasteiger partial charge < -0.3 is 15.1 Å². The molecule has 178 valence electrons. The van der Waals surface area contributed by atoms with Crippen molar-refractivity contribution in [2.45, 2.75) is 26.7 Å². The van der Waals surface area contributed by atoms with Crippen molar-refractivity contribution in [1.82, 2.24) is 9.80 Å². The van der Waals surface area contributed by atoms with Crippen molar-refractivity contribution in [3.05, 3.63) is 65.2 Å². The van der Waals surface area contributed by atoms with E-state index in [1.807, 2.05) is 67.3 Å². The monoisotopic (exact) mass is 460 g/mol. The van der Waals surface area contributed by atoms with Crippen LogP contribution < -0.4 is 10.2 Å². The third kappa shape index (κ3) is 5.72. The maximum Gasteiger partial charge on any atom is 0.246 e. The van der Waals surface area contributed by atoms with Gasteiger partial charge in [0.25, 0.3) is 0 Å². The molecule has 2 aromatic rings. The van der Waals surface area contributed by atoms with Crippen LogP contribution in [-0.2, 0) is 14.4 Å². The molecule has 2 aliphatic heterocycles. The van der Waals surface area contributed by atoms with Crippen LogP contribution in [0.2, 0.25) is 0 Å². The predicted molar refractivity (Wildman–Crippen MR) is 135 cm³/mol. The highest BCUT2D eigenvalue weighted by Gasteiger charge is 2.22. The lowest BCUT2D eigenvalue weighted by Crippen LogP contribution is -2.50. The summed E-state index contributed by atoms with van der Waals surface area (Å²) in [5, 5.41) is 3.03. The number of piperazine rings is 1. The van der Waals surface area contributed by atoms with Gasteiger partial charge in [-0.3, -0.25) is 19.3 Å². The smallest absolute Gasteiger partial charge is 0.246 e. The number of nitrogens with one attached hydrogen (secondary N) is 1. The van der Waals surface area contributed by atoms with E-state index in [0.717, 1.165) is 41.0 Å². The Balaban J connectivity index is 1.24. The Morgan fingerprint density at radius 2 is 1.62 bits per heavy atom. The van der Waals surface area contributed by atoms with Crippen LogP contribution in [0.5, 0.6) is 0 Å². The molecule has 2 saturated heterocycles. The fraction of sp³-hybridized carbons (Fsp3) is 0.370. The third-order valence-electron chi connectivity index (χ3n) is 6.49. The van der Waals surface area contributed by atoms with Gasteiger partial charge in [0, 0.05) is 56.6 Å². The number of para-hydroxylation sites is 1. The first-order valence-corrected chi connectivity index (χ1v) is 11.9. The molecule has 0 aromatic heterocycles. The standard InChI is InChI=1S/C27H32N4O3/c1-20-5-3-6-21(2)27(20)28-24(32)19-29-15-17-30(18-16-29)25(33)13-10-22-8-11-23(12-9-22)31-14-4-7-26(31)34/h3,5-6,8-13H,4,7,14-19H2,1-2H3,(H,28,32)/b13-10+. The number of carbonyl (C=O) groups excluding carboxylic acids is 3. The minimum atomic E-state index is -0.0313. The average Bonchev–Trinajstić information content (AvgIpc) is 3.26. The summed E-state index contributed by atoms with van der Waals surface area (Å²) in [5.41, 5.74) is 4.81. The number of amides is 3. The minimum Gasteiger partial charge on any atom is -0.337 e. The minimum absolute atomic E-state index is 0.0292. The van der Waals surface area contributed by atoms with Gasteiger partial charge in [-0.1, -0.05) is 30.3 Å². The van der Waals surface area contributed by atoms with Crippen LogP contribution in [0.15, 0.2) is 48.5 Å². The SMILES string of the molecule is Cc1cccc(C)c1NC(=O)CN1CCN(C(=O)/C=C/c2ccc(N3CCCC3=O)cc2)CC1. The molecule has 0 unspecified atom stereocenters. The molecular weight excluding hydrogens is 428 g/mol. The highest BCUT2D eigenvalue weighted by Crippen LogP contribution is 2.22. The Kier molecular flexibility index (Phi) is 7.43. The van der Waals surface area contributed by atoms with Gasteiger partial charge in [-0.15, -0.1) is 0 Å². The van der Waals surface area contributed by atoms with E-state index < -0.39 is 0 Å². The van der Waals surface area contributed by atoms with E-state index in [2.05, 4.69) is 10.2 Å². The summed E-state index contributed by atoms with van der Waals surface area (Å²) in [6.45, 7) is 7.58. The van der Waals surface area contributed by atoms with Crippen molar-refractivity contribution in [3.63, 3.8) is 0 Å². The van der Waals surface area contributed by atoms with Gasteiger partial charge in [-0.05, 0) is 55.2 Å². The highest BCUT2D eigenvalue weighted by molar-refractivity contribution is 5.96. The lowest BCUT2D eigenvalue weighted by atomic mass is 10.1. The molecule has 2 fully saturated rings. The van der Waals surface area contributed by atoms with E-state index in [0.29, 0.717) is 39.1 Å². The summed E-state index contributed by atoms with van der Waals surface area (Å²) in [5.74, 6) is 0.106. The molecule has 4 rings (SSSR count). The van der Waals surface area contributed by atoms with Crippen molar-refractivity contribution >= 4 is 35.2 Å². The molecule has 3 amide bonds. The molecule has 2 heterocycles. The zero-order valence-corrected chi connectivity index (χ0v) is 19.9. The van der Waals surface area contributed by atoms with Crippen LogP contribution in [-0.4, -0.2) is 66.8 Å². The van der Waals surface area contributed by atoms with Gasteiger partial charge in [0.15, 0.2) is 0 Å². The van der Waals surface area contributed by atoms with Crippen molar-refractivity contribution in [2.24, 2.45) is 0 Å². The maximum absolute atomic E-state index is 12.6. The van der Waals surface area contributed by atoms with Gasteiger partial charge in [-0.2, -0.15) is 0 Å². The number of carbonyl (C=O) groups is 3. The zero-order chi connectivity index (χ0) is 24.1. The van der Waals surface area contributed by atoms with Crippen molar-refractivity contribution < 1.29 is 14.4 Å². The van der Waals surface area contributed by atoms with Gasteiger partial charge >= 0.3 is 0 Å². The largest absolute Gasteiger partial charge is 0.337 e. The lowest BCUT2D eigenvalue weighted by molar-refractivity contribution is -0.128. The summed E-state index contributed by atoms with van der Waals surface area (Å²) < 4.78 is 0. The van der Waals surface area contributed by atoms with Gasteiger partial charge in [0.1, 0.15) is 0 Å². The average molecular weight is 461 g/mol. The fourth-order valence-corrected chi connectivity index (χ4v) is 4.48. The molecule has 34 heavy (non-hydrogen) atoms. The van der Waals surface area contributed by atoms with E-state index in [1.165, 1.54) is 0 Å². The van der Waals surface area contributed by atoms with Crippen LogP contribution in [0.1, 0.15) is 29.5 Å². The number of aryl methyl sites for hydroxylation is 2. The summed E-state index contributed by atoms with van der Waals surface area (Å²) in [4.78, 5) is 42.7. The predicted octanol–water partition coefficient (Wildman–Crippen LogP) is 3.23. The Morgan fingerprint density at radius 3 is 2.24 bits per heavy atom. The van der Waals surface area contributed by atoms with E-state index in [4.69, 9.17) is 0 Å². The molecule has 0 atom stereocenters. The number of hydrogen-bond acceptors (Lipinski definition) is 4. The Bertz CT molecular complexity index is 1070. The Hall–Kier alpha value is -3.45. The highest BCUT2D eigenvalue weighted by atomic mass is 16.2. The number of benzene rings is 2. The van der Waals surface area contributed by atoms with E-state index in [1.54, 1.807) is 11.0 Å². The molecule has 2 aromatic carbocycles. The fourth-order valence-electron chi connectivity index (χ4n) is 4.48. The van der Waals surface area contributed by atoms with Crippen LogP contribution in [0.4, 0.5) is 11.4 Å². The number of anilines is 2. The number of nitrogens with zero attached hydrogens (tertiary/aromatic N) is 3. The first kappa shape index (κ1) is 23.7. The second-order valence-electron chi connectivity index (χ2n) is 8.99. The topological polar surface area (TPSA) is 73.0 Å². The summed E-state index contributed by atoms with van der Waals surface area (Å²) >= 11 is 0. The van der Waals surface area contributed by atoms with Crippen LogP contribution in [0, 0.1) is 13.8 Å². The zero-order valence-electron chi connectivity index (χ0n) is 19.9. The quantitative estimate of drug-likeness (QED) is 0.672. The lowest BCUT2D eigenvalue weighted by Gasteiger charge is -2.33. The molecule has 0 bridgehead atoms. The number of hydrogen-bond donors (Lipinski definition) is 1. The van der Waals surface area contributed by atoms with E-state index >= 15 is 0 Å². The van der Waals surface area contributed by atoms with Crippen molar-refractivity contribution in [2.75, 3.05) is 49.5 Å². The molecule has 0 spiro atoms. The first-order chi connectivity index (χ1) is 16.4. The first-order valence-electron chi connectivity index (χ1n) is 11.9. The summed E-state index contributed by atoms with van der Waals surface area (Å²) in [6.07, 6.45) is 4.92. The number of rotatable bonds is 6. The molecule has 7 nitrogen and oxygen atoms in total. The summed E-state index contributed by atoms with van der Waals surface area (Å²) in [7, 11) is 0. The normalized spacial score (nSPS) is 16.9. The van der Waals surface area contributed by atoms with Crippen LogP contribution in [0.3, 0.4) is 0 Å². The molecule has 1 N–H and O–H groups in total. The molecule has 2 aliphatic rings. The van der Waals surface area contributed by atoms with Crippen LogP contribution >= 0.6 is 0 Å². The van der Waals surface area contributed by atoms with Gasteiger partial charge in [-0.25, -0.2) is 0 Å². The molecule has 0 radical (unpaired) electrons. The molecule has 0 saturated carbocycles. The van der Waals surface area contributed by atoms with Gasteiger partial charge in [0.2, 0.25) is 17.7 Å². The Morgan fingerprint density at radius 1 is 0.941 bits per heavy atom. The molecule has 0 aliphatic carbocycles. The van der Waals surface area contributed by atoms with Gasteiger partial charge in [0.05, 0.1) is 6.54 Å². The molecule has 7 heteroatoms. The van der Waals surface area contributed by atoms with E-state index in [-0.39, 0.29) is 17.7 Å². The van der Waals surface area contributed by atoms with Crippen LogP contribution in [0.25, 0.3) is 6.08 Å². The van der Waals surface area contributed by atoms with Crippen molar-refractivity contribution in [3.8, 4) is 0 Å². The van der Waals surface area contributed by atoms with Crippen molar-refractivity contribution in [1.29, 1.82) is 0 Å². The second kappa shape index (κ2) is 10.7. The third-order valence-corrected chi connectivity index (χ3v) is 6.49. The molecular formula is C27H32N4O3. The second-order valence-corrected chi connectivity index (χ2v) is 8.99. The Labute approximate surface area is 201 Å². The van der Waals surface area contributed by atoms with E-state index in [9.17, 15) is 14.4 Å².